The van der Waals surface area contributed by atoms with Gasteiger partial charge < -0.3 is 20.6 Å². The Labute approximate surface area is 249 Å². The molecule has 5 heterocycles. The second kappa shape index (κ2) is 11.9. The lowest BCUT2D eigenvalue weighted by Crippen LogP contribution is -2.43. The summed E-state index contributed by atoms with van der Waals surface area (Å²) in [6.07, 6.45) is 1.82. The van der Waals surface area contributed by atoms with Gasteiger partial charge in [-0.25, -0.2) is 13.8 Å². The molecule has 2 fully saturated rings. The molecule has 6 rings (SSSR count). The monoisotopic (exact) mass is 611 g/mol. The van der Waals surface area contributed by atoms with Crippen LogP contribution in [0, 0.1) is 12.8 Å². The molecule has 43 heavy (non-hydrogen) atoms. The van der Waals surface area contributed by atoms with Crippen molar-refractivity contribution in [1.82, 2.24) is 34.4 Å². The number of amides is 2. The van der Waals surface area contributed by atoms with Crippen LogP contribution in [0.1, 0.15) is 18.5 Å². The van der Waals surface area contributed by atoms with Gasteiger partial charge in [0.25, 0.3) is 5.92 Å². The first-order chi connectivity index (χ1) is 20.7. The Morgan fingerprint density at radius 2 is 2.02 bits per heavy atom. The number of nitrogens with one attached hydrogen (secondary N) is 3. The van der Waals surface area contributed by atoms with Crippen LogP contribution in [-0.2, 0) is 9.59 Å². The summed E-state index contributed by atoms with van der Waals surface area (Å²) < 4.78 is 29.5. The van der Waals surface area contributed by atoms with Crippen LogP contribution in [-0.4, -0.2) is 96.0 Å². The van der Waals surface area contributed by atoms with E-state index >= 15 is 0 Å². The zero-order chi connectivity index (χ0) is 30.1. The van der Waals surface area contributed by atoms with Crippen LogP contribution in [0.15, 0.2) is 58.7 Å². The van der Waals surface area contributed by atoms with Gasteiger partial charge in [0.1, 0.15) is 5.65 Å². The van der Waals surface area contributed by atoms with E-state index in [2.05, 4.69) is 30.8 Å². The third-order valence-corrected chi connectivity index (χ3v) is 8.39. The first-order valence-electron chi connectivity index (χ1n) is 13.9. The molecule has 0 saturated carbocycles. The van der Waals surface area contributed by atoms with Gasteiger partial charge >= 0.3 is 0 Å². The van der Waals surface area contributed by atoms with E-state index in [1.165, 1.54) is 11.8 Å². The van der Waals surface area contributed by atoms with Crippen LogP contribution < -0.4 is 10.6 Å². The van der Waals surface area contributed by atoms with Crippen LogP contribution >= 0.6 is 11.8 Å². The molecule has 2 atom stereocenters. The van der Waals surface area contributed by atoms with Gasteiger partial charge in [0.05, 0.1) is 31.7 Å². The Bertz CT molecular complexity index is 1630. The Kier molecular flexibility index (Phi) is 8.03. The van der Waals surface area contributed by atoms with Crippen molar-refractivity contribution in [2.45, 2.75) is 41.8 Å². The van der Waals surface area contributed by atoms with Crippen LogP contribution in [0.4, 0.5) is 26.2 Å². The molecule has 15 heteroatoms. The maximum Gasteiger partial charge on any atom is 0.267 e. The van der Waals surface area contributed by atoms with E-state index in [1.807, 2.05) is 52.8 Å². The van der Waals surface area contributed by atoms with E-state index in [1.54, 1.807) is 12.1 Å². The van der Waals surface area contributed by atoms with Gasteiger partial charge in [-0.1, -0.05) is 0 Å². The number of rotatable bonds is 9. The Balaban J connectivity index is 1.03. The number of likely N-dealkylation sites (tertiary alicyclic amines) is 2. The number of carbonyl (C=O) groups excluding carboxylic acids is 2. The van der Waals surface area contributed by atoms with Crippen molar-refractivity contribution in [3.8, 4) is 0 Å². The molecule has 2 aliphatic rings. The van der Waals surface area contributed by atoms with Crippen LogP contribution in [0.25, 0.3) is 5.65 Å². The van der Waals surface area contributed by atoms with E-state index in [-0.39, 0.29) is 18.4 Å². The number of benzene rings is 1. The molecule has 0 bridgehead atoms. The lowest BCUT2D eigenvalue weighted by molar-refractivity contribution is -0.138. The fourth-order valence-electron chi connectivity index (χ4n) is 5.49. The zero-order valence-electron chi connectivity index (χ0n) is 23.3. The number of nitrogens with zero attached hydrogens (tertiary/aromatic N) is 6. The molecule has 1 aromatic carbocycles. The van der Waals surface area contributed by atoms with E-state index in [0.717, 1.165) is 21.1 Å². The third-order valence-electron chi connectivity index (χ3n) is 7.52. The number of anilines is 3. The van der Waals surface area contributed by atoms with E-state index in [9.17, 15) is 23.5 Å². The van der Waals surface area contributed by atoms with Crippen molar-refractivity contribution in [1.29, 1.82) is 0 Å². The largest absolute Gasteiger partial charge is 0.394 e. The number of fused-ring (bicyclic) bond motifs is 1. The maximum absolute atomic E-state index is 13.8. The summed E-state index contributed by atoms with van der Waals surface area (Å²) in [6, 6.07) is 12.1. The highest BCUT2D eigenvalue weighted by molar-refractivity contribution is 7.99. The lowest BCUT2D eigenvalue weighted by Gasteiger charge is -2.25. The summed E-state index contributed by atoms with van der Waals surface area (Å²) >= 11 is 1.38. The lowest BCUT2D eigenvalue weighted by atomic mass is 10.1. The van der Waals surface area contributed by atoms with Gasteiger partial charge in [-0.05, 0) is 68.0 Å². The number of aromatic nitrogens is 5. The maximum atomic E-state index is 13.8. The molecule has 4 N–H and O–H groups in total. The van der Waals surface area contributed by atoms with Crippen molar-refractivity contribution < 1.29 is 23.5 Å². The van der Waals surface area contributed by atoms with Gasteiger partial charge in [0, 0.05) is 41.5 Å². The number of H-pyrrole nitrogens is 1. The number of alkyl halides is 2. The summed E-state index contributed by atoms with van der Waals surface area (Å²) in [5.74, 6) is -2.86. The van der Waals surface area contributed by atoms with Crippen LogP contribution in [0.3, 0.4) is 0 Å². The number of hydrogen-bond acceptors (Lipinski definition) is 9. The van der Waals surface area contributed by atoms with Crippen molar-refractivity contribution >= 4 is 46.7 Å². The molecular formula is C28H31F2N9O3S. The number of hydrogen-bond donors (Lipinski definition) is 4. The number of aliphatic hydroxyl groups excluding tert-OH is 1. The summed E-state index contributed by atoms with van der Waals surface area (Å²) in [5.41, 5.74) is 2.27. The first-order valence-corrected chi connectivity index (χ1v) is 14.7. The average molecular weight is 612 g/mol. The standard InChI is InChI=1S/C28H31F2N9O3S/c1-17-11-22(36-35-17)32-26-34-27(33-23-3-2-9-38(23)26)43-21-6-4-19(5-7-21)31-24(41)14-37-10-8-18(13-37)25(42)39-16-28(29,30)12-20(39)15-40/h2-7,9,11,18,20,40H,8,10,12-16H2,1H3,(H,31,41)(H2,32,33,34,35,36)/t18-,20+/m1/s1. The molecular weight excluding hydrogens is 580 g/mol. The minimum atomic E-state index is -2.99. The quantitative estimate of drug-likeness (QED) is 0.224. The van der Waals surface area contributed by atoms with Gasteiger partial charge in [0.15, 0.2) is 11.0 Å². The second-order valence-corrected chi connectivity index (χ2v) is 11.9. The molecule has 2 amide bonds. The Hall–Kier alpha value is -4.08. The summed E-state index contributed by atoms with van der Waals surface area (Å²) in [4.78, 5) is 38.7. The number of aromatic amines is 1. The molecule has 12 nitrogen and oxygen atoms in total. The number of aliphatic hydroxyl groups is 1. The zero-order valence-corrected chi connectivity index (χ0v) is 24.2. The van der Waals surface area contributed by atoms with Crippen molar-refractivity contribution in [2.24, 2.45) is 5.92 Å². The van der Waals surface area contributed by atoms with Crippen molar-refractivity contribution in [2.75, 3.05) is 43.4 Å². The minimum Gasteiger partial charge on any atom is -0.394 e. The summed E-state index contributed by atoms with van der Waals surface area (Å²) in [5, 5.41) is 23.2. The van der Waals surface area contributed by atoms with Gasteiger partial charge in [-0.3, -0.25) is 24.0 Å². The highest BCUT2D eigenvalue weighted by Crippen LogP contribution is 2.34. The first kappa shape index (κ1) is 29.0. The second-order valence-electron chi connectivity index (χ2n) is 10.9. The Morgan fingerprint density at radius 1 is 1.21 bits per heavy atom. The smallest absolute Gasteiger partial charge is 0.267 e. The molecule has 226 valence electrons. The normalized spacial score (nSPS) is 20.1. The third kappa shape index (κ3) is 6.63. The fourth-order valence-corrected chi connectivity index (χ4v) is 6.24. The Morgan fingerprint density at radius 3 is 2.77 bits per heavy atom. The predicted molar refractivity (Wildman–Crippen MR) is 155 cm³/mol. The van der Waals surface area contributed by atoms with Gasteiger partial charge in [0.2, 0.25) is 17.8 Å². The molecule has 2 saturated heterocycles. The topological polar surface area (TPSA) is 144 Å². The number of carbonyl (C=O) groups is 2. The van der Waals surface area contributed by atoms with E-state index in [4.69, 9.17) is 0 Å². The van der Waals surface area contributed by atoms with Gasteiger partial charge in [-0.2, -0.15) is 10.1 Å². The molecule has 0 spiro atoms. The number of halogens is 2. The van der Waals surface area contributed by atoms with E-state index in [0.29, 0.717) is 42.1 Å². The highest BCUT2D eigenvalue weighted by Gasteiger charge is 2.48. The molecule has 0 aliphatic carbocycles. The average Bonchev–Trinajstić information content (AvgIpc) is 3.77. The van der Waals surface area contributed by atoms with Crippen molar-refractivity contribution in [3.63, 3.8) is 0 Å². The predicted octanol–water partition coefficient (Wildman–Crippen LogP) is 3.14. The van der Waals surface area contributed by atoms with Crippen LogP contribution in [0.5, 0.6) is 0 Å². The highest BCUT2D eigenvalue weighted by atomic mass is 32.2. The SMILES string of the molecule is Cc1cc(Nc2nc(Sc3ccc(NC(=O)CN4CC[C@@H](C(=O)N5CC(F)(F)C[C@H]5CO)C4)cc3)nc3cccn23)n[nH]1. The summed E-state index contributed by atoms with van der Waals surface area (Å²) in [6.45, 7) is 1.66. The molecule has 2 aliphatic heterocycles. The molecule has 3 aromatic heterocycles. The number of aryl methyl sites for hydroxylation is 1. The van der Waals surface area contributed by atoms with Gasteiger partial charge in [-0.15, -0.1) is 0 Å². The van der Waals surface area contributed by atoms with Crippen molar-refractivity contribution in [3.05, 3.63) is 54.4 Å². The van der Waals surface area contributed by atoms with E-state index < -0.39 is 37.5 Å². The summed E-state index contributed by atoms with van der Waals surface area (Å²) in [7, 11) is 0. The molecule has 0 unspecified atom stereocenters. The molecule has 4 aromatic rings. The van der Waals surface area contributed by atoms with Crippen LogP contribution in [0.2, 0.25) is 0 Å². The molecule has 0 radical (unpaired) electrons. The fraction of sp³-hybridized carbons (Fsp3) is 0.393. The minimum absolute atomic E-state index is 0.0797.